The average Bonchev–Trinajstić information content (AvgIpc) is 3.46. The molecule has 0 N–H and O–H groups in total. The van der Waals surface area contributed by atoms with E-state index in [0.717, 1.165) is 34.1 Å². The highest BCUT2D eigenvalue weighted by molar-refractivity contribution is 5.82. The molecule has 0 radical (unpaired) electrons. The van der Waals surface area contributed by atoms with Crippen molar-refractivity contribution in [2.45, 2.75) is 27.7 Å². The summed E-state index contributed by atoms with van der Waals surface area (Å²) >= 11 is 0. The van der Waals surface area contributed by atoms with Crippen molar-refractivity contribution < 1.29 is 14.0 Å². The van der Waals surface area contributed by atoms with Crippen LogP contribution in [0.3, 0.4) is 0 Å². The Morgan fingerprint density at radius 3 is 2.00 bits per heavy atom. The number of benzene rings is 4. The zero-order valence-corrected chi connectivity index (χ0v) is 20.0. The number of ether oxygens (including phenoxy) is 2. The number of hydrogen-bond donors (Lipinski definition) is 0. The number of rotatable bonds is 1. The average molecular weight is 452 g/mol. The Kier molecular flexibility index (Phi) is 7.28. The van der Waals surface area contributed by atoms with E-state index >= 15 is 0 Å². The summed E-state index contributed by atoms with van der Waals surface area (Å²) in [5.41, 5.74) is 5.69. The minimum absolute atomic E-state index is 0.360. The highest BCUT2D eigenvalue weighted by atomic mass is 16.7. The first-order chi connectivity index (χ1) is 16.5. The summed E-state index contributed by atoms with van der Waals surface area (Å²) in [4.78, 5) is 0. The molecule has 0 unspecified atom stereocenters. The third-order valence-corrected chi connectivity index (χ3v) is 5.64. The molecule has 0 saturated heterocycles. The van der Waals surface area contributed by atoms with Crippen molar-refractivity contribution in [2.24, 2.45) is 0 Å². The van der Waals surface area contributed by atoms with E-state index < -0.39 is 0 Å². The van der Waals surface area contributed by atoms with Gasteiger partial charge < -0.3 is 14.0 Å². The van der Waals surface area contributed by atoms with Crippen LogP contribution in [0.1, 0.15) is 22.5 Å². The Morgan fingerprint density at radius 1 is 0.618 bits per heavy atom. The van der Waals surface area contributed by atoms with Gasteiger partial charge in [0.2, 0.25) is 6.79 Å². The lowest BCUT2D eigenvalue weighted by molar-refractivity contribution is 0.174. The molecule has 0 amide bonds. The summed E-state index contributed by atoms with van der Waals surface area (Å²) in [6, 6.07) is 30.9. The third-order valence-electron chi connectivity index (χ3n) is 5.64. The van der Waals surface area contributed by atoms with Crippen molar-refractivity contribution in [3.05, 3.63) is 113 Å². The summed E-state index contributed by atoms with van der Waals surface area (Å²) in [5.74, 6) is 2.60. The van der Waals surface area contributed by atoms with Crippen LogP contribution in [0.4, 0.5) is 0 Å². The van der Waals surface area contributed by atoms with Crippen LogP contribution in [-0.4, -0.2) is 11.9 Å². The molecule has 0 spiro atoms. The second kappa shape index (κ2) is 10.7. The van der Waals surface area contributed by atoms with E-state index in [4.69, 9.17) is 14.0 Å². The standard InChI is InChI=1S/C11H11NO.C11H10.C8H8O2/c1-8-9(2)13-12-11(8)10-6-4-3-5-7-10;1-9-6-7-10-4-2-3-5-11(10)8-9;1-6-2-3-7-8(4-6)10-5-9-7/h3-7H,1-2H3;2-8H,1H3;2-4H,5H2,1H3. The van der Waals surface area contributed by atoms with Crippen LogP contribution in [0.5, 0.6) is 11.5 Å². The SMILES string of the molecule is Cc1ccc2c(c1)OCO2.Cc1ccc2ccccc2c1.Cc1onc(-c2ccccc2)c1C. The Bertz CT molecular complexity index is 1370. The lowest BCUT2D eigenvalue weighted by Gasteiger charge is -1.96. The zero-order chi connectivity index (χ0) is 23.9. The molecule has 0 fully saturated rings. The van der Waals surface area contributed by atoms with Crippen molar-refractivity contribution in [2.75, 3.05) is 6.79 Å². The predicted octanol–water partition coefficient (Wildman–Crippen LogP) is 7.83. The van der Waals surface area contributed by atoms with Crippen LogP contribution >= 0.6 is 0 Å². The number of fused-ring (bicyclic) bond motifs is 2. The van der Waals surface area contributed by atoms with Gasteiger partial charge in [-0.15, -0.1) is 0 Å². The highest BCUT2D eigenvalue weighted by Crippen LogP contribution is 2.32. The van der Waals surface area contributed by atoms with Gasteiger partial charge >= 0.3 is 0 Å². The molecule has 4 heteroatoms. The lowest BCUT2D eigenvalue weighted by atomic mass is 10.1. The topological polar surface area (TPSA) is 44.5 Å². The second-order valence-corrected chi connectivity index (χ2v) is 8.29. The molecule has 0 atom stereocenters. The summed E-state index contributed by atoms with van der Waals surface area (Å²) in [6.07, 6.45) is 0. The van der Waals surface area contributed by atoms with E-state index in [1.807, 2.05) is 69.3 Å². The van der Waals surface area contributed by atoms with Crippen molar-refractivity contribution in [1.29, 1.82) is 0 Å². The van der Waals surface area contributed by atoms with Crippen molar-refractivity contribution in [3.63, 3.8) is 0 Å². The van der Waals surface area contributed by atoms with E-state index in [9.17, 15) is 0 Å². The summed E-state index contributed by atoms with van der Waals surface area (Å²) in [5, 5.41) is 6.65. The normalized spacial score (nSPS) is 11.3. The molecule has 4 nitrogen and oxygen atoms in total. The molecule has 172 valence electrons. The molecule has 1 aliphatic heterocycles. The predicted molar refractivity (Wildman–Crippen MR) is 137 cm³/mol. The molecule has 2 heterocycles. The Labute approximate surface area is 200 Å². The summed E-state index contributed by atoms with van der Waals surface area (Å²) in [6.45, 7) is 8.45. The van der Waals surface area contributed by atoms with E-state index in [1.54, 1.807) is 0 Å². The van der Waals surface area contributed by atoms with Gasteiger partial charge in [0.05, 0.1) is 0 Å². The Balaban J connectivity index is 0.000000122. The smallest absolute Gasteiger partial charge is 0.231 e. The van der Waals surface area contributed by atoms with Gasteiger partial charge in [-0.2, -0.15) is 0 Å². The maximum atomic E-state index is 5.16. The first-order valence-electron chi connectivity index (χ1n) is 11.3. The lowest BCUT2D eigenvalue weighted by Crippen LogP contribution is -1.92. The number of nitrogens with zero attached hydrogens (tertiary/aromatic N) is 1. The molecule has 0 bridgehead atoms. The van der Waals surface area contributed by atoms with Gasteiger partial charge in [0, 0.05) is 11.1 Å². The zero-order valence-electron chi connectivity index (χ0n) is 20.0. The van der Waals surface area contributed by atoms with Crippen molar-refractivity contribution in [1.82, 2.24) is 5.16 Å². The number of aryl methyl sites for hydroxylation is 3. The molecule has 0 aliphatic carbocycles. The van der Waals surface area contributed by atoms with Gasteiger partial charge in [-0.1, -0.05) is 89.6 Å². The van der Waals surface area contributed by atoms with Crippen LogP contribution in [-0.2, 0) is 0 Å². The first-order valence-corrected chi connectivity index (χ1v) is 11.3. The van der Waals surface area contributed by atoms with E-state index in [2.05, 4.69) is 54.5 Å². The number of hydrogen-bond acceptors (Lipinski definition) is 4. The third kappa shape index (κ3) is 5.65. The first kappa shape index (κ1) is 23.1. The van der Waals surface area contributed by atoms with E-state index in [1.165, 1.54) is 21.9 Å². The molecule has 1 aliphatic rings. The minimum atomic E-state index is 0.360. The van der Waals surface area contributed by atoms with Crippen LogP contribution in [0.15, 0.2) is 95.5 Å². The van der Waals surface area contributed by atoms with Gasteiger partial charge in [0.25, 0.3) is 0 Å². The number of aromatic nitrogens is 1. The maximum absolute atomic E-state index is 5.16. The molecule has 5 aromatic rings. The maximum Gasteiger partial charge on any atom is 0.231 e. The van der Waals surface area contributed by atoms with Crippen LogP contribution < -0.4 is 9.47 Å². The quantitative estimate of drug-likeness (QED) is 0.260. The van der Waals surface area contributed by atoms with Gasteiger partial charge in [-0.05, 0) is 56.2 Å². The highest BCUT2D eigenvalue weighted by Gasteiger charge is 2.11. The van der Waals surface area contributed by atoms with Gasteiger partial charge in [-0.25, -0.2) is 0 Å². The fourth-order valence-electron chi connectivity index (χ4n) is 3.60. The Morgan fingerprint density at radius 2 is 1.26 bits per heavy atom. The summed E-state index contributed by atoms with van der Waals surface area (Å²) < 4.78 is 15.4. The van der Waals surface area contributed by atoms with Gasteiger partial charge in [0.15, 0.2) is 11.5 Å². The van der Waals surface area contributed by atoms with E-state index in [-0.39, 0.29) is 0 Å². The van der Waals surface area contributed by atoms with E-state index in [0.29, 0.717) is 6.79 Å². The fourth-order valence-corrected chi connectivity index (χ4v) is 3.60. The van der Waals surface area contributed by atoms with Crippen molar-refractivity contribution in [3.8, 4) is 22.8 Å². The van der Waals surface area contributed by atoms with Crippen LogP contribution in [0, 0.1) is 27.7 Å². The fraction of sp³-hybridized carbons (Fsp3) is 0.167. The molecule has 0 saturated carbocycles. The van der Waals surface area contributed by atoms with Crippen LogP contribution in [0.2, 0.25) is 0 Å². The molecular weight excluding hydrogens is 422 g/mol. The second-order valence-electron chi connectivity index (χ2n) is 8.29. The monoisotopic (exact) mass is 451 g/mol. The molecule has 34 heavy (non-hydrogen) atoms. The van der Waals surface area contributed by atoms with Gasteiger partial charge in [-0.3, -0.25) is 0 Å². The van der Waals surface area contributed by atoms with Crippen LogP contribution in [0.25, 0.3) is 22.0 Å². The molecular formula is C30H29NO3. The minimum Gasteiger partial charge on any atom is -0.454 e. The molecule has 4 aromatic carbocycles. The summed E-state index contributed by atoms with van der Waals surface area (Å²) in [7, 11) is 0. The molecule has 6 rings (SSSR count). The largest absolute Gasteiger partial charge is 0.454 e. The van der Waals surface area contributed by atoms with Gasteiger partial charge in [0.1, 0.15) is 11.5 Å². The molecule has 1 aromatic heterocycles. The Hall–Kier alpha value is -4.05. The van der Waals surface area contributed by atoms with Crippen molar-refractivity contribution >= 4 is 10.8 Å².